The van der Waals surface area contributed by atoms with Crippen LogP contribution in [-0.4, -0.2) is 53.6 Å². The van der Waals surface area contributed by atoms with Crippen molar-refractivity contribution >= 4 is 29.1 Å². The number of rotatable bonds is 9. The minimum Gasteiger partial charge on any atom is -0.454 e. The molecular weight excluding hydrogens is 450 g/mol. The van der Waals surface area contributed by atoms with Crippen molar-refractivity contribution in [2.75, 3.05) is 31.9 Å². The van der Waals surface area contributed by atoms with Gasteiger partial charge in [-0.2, -0.15) is 0 Å². The topological polar surface area (TPSA) is 46.5 Å². The molecule has 2 aromatic rings. The molecule has 1 unspecified atom stereocenters. The summed E-state index contributed by atoms with van der Waals surface area (Å²) in [5.74, 6) is 1.15. The molecule has 1 aliphatic carbocycles. The fourth-order valence-corrected chi connectivity index (χ4v) is 8.06. The summed E-state index contributed by atoms with van der Waals surface area (Å²) in [5.41, 5.74) is -1.48. The maximum Gasteiger partial charge on any atom is 0.344 e. The van der Waals surface area contributed by atoms with E-state index in [0.29, 0.717) is 5.92 Å². The second-order valence-corrected chi connectivity index (χ2v) is 12.3. The Kier molecular flexibility index (Phi) is 7.17. The van der Waals surface area contributed by atoms with Gasteiger partial charge in [0.05, 0.1) is 19.6 Å². The van der Waals surface area contributed by atoms with Crippen molar-refractivity contribution < 1.29 is 19.1 Å². The predicted molar refractivity (Wildman–Crippen MR) is 134 cm³/mol. The fraction of sp³-hybridized carbons (Fsp3) is 0.593. The van der Waals surface area contributed by atoms with Crippen LogP contribution in [0.2, 0.25) is 0 Å². The molecule has 4 aliphatic rings. The zero-order chi connectivity index (χ0) is 22.7. The number of aliphatic hydroxyl groups is 1. The highest BCUT2D eigenvalue weighted by molar-refractivity contribution is 7.99. The highest BCUT2D eigenvalue weighted by Gasteiger charge is 2.53. The maximum atomic E-state index is 13.5. The van der Waals surface area contributed by atoms with Crippen molar-refractivity contribution in [2.45, 2.75) is 61.5 Å². The van der Waals surface area contributed by atoms with Crippen LogP contribution in [0.4, 0.5) is 0 Å². The van der Waals surface area contributed by atoms with Gasteiger partial charge >= 0.3 is 5.97 Å². The summed E-state index contributed by atoms with van der Waals surface area (Å²) >= 11 is 3.41. The molecule has 178 valence electrons. The largest absolute Gasteiger partial charge is 0.454 e. The Morgan fingerprint density at radius 1 is 1.09 bits per heavy atom. The Morgan fingerprint density at radius 2 is 1.85 bits per heavy atom. The Hall–Kier alpha value is -1.34. The molecule has 1 saturated carbocycles. The van der Waals surface area contributed by atoms with Crippen molar-refractivity contribution in [2.24, 2.45) is 11.8 Å². The number of hydrogen-bond donors (Lipinski definition) is 1. The zero-order valence-corrected chi connectivity index (χ0v) is 21.0. The first-order valence-electron chi connectivity index (χ1n) is 12.6. The minimum atomic E-state index is -1.48. The smallest absolute Gasteiger partial charge is 0.344 e. The Bertz CT molecular complexity index is 905. The summed E-state index contributed by atoms with van der Waals surface area (Å²) in [7, 11) is 0. The van der Waals surface area contributed by atoms with E-state index >= 15 is 0 Å². The molecule has 0 spiro atoms. The first-order valence-corrected chi connectivity index (χ1v) is 14.5. The van der Waals surface area contributed by atoms with E-state index in [1.807, 2.05) is 29.3 Å². The van der Waals surface area contributed by atoms with Crippen LogP contribution in [0.3, 0.4) is 0 Å². The van der Waals surface area contributed by atoms with Gasteiger partial charge in [-0.3, -0.25) is 0 Å². The molecule has 33 heavy (non-hydrogen) atoms. The number of thiophene rings is 1. The van der Waals surface area contributed by atoms with E-state index in [4.69, 9.17) is 4.74 Å². The Morgan fingerprint density at radius 3 is 2.55 bits per heavy atom. The van der Waals surface area contributed by atoms with Crippen LogP contribution in [-0.2, 0) is 15.1 Å². The van der Waals surface area contributed by atoms with Crippen LogP contribution in [0.1, 0.15) is 49.8 Å². The second-order valence-electron chi connectivity index (χ2n) is 10.2. The number of hydrogen-bond acceptors (Lipinski definition) is 5. The molecular formula is C27H36NO3S2+. The number of quaternary nitrogens is 1. The Labute approximate surface area is 205 Å². The van der Waals surface area contributed by atoms with Crippen molar-refractivity contribution in [3.63, 3.8) is 0 Å². The van der Waals surface area contributed by atoms with E-state index in [2.05, 4.69) is 30.3 Å². The lowest BCUT2D eigenvalue weighted by Gasteiger charge is -2.52. The van der Waals surface area contributed by atoms with Crippen molar-refractivity contribution in [3.8, 4) is 0 Å². The lowest BCUT2D eigenvalue weighted by atomic mass is 9.82. The van der Waals surface area contributed by atoms with E-state index in [9.17, 15) is 9.90 Å². The summed E-state index contributed by atoms with van der Waals surface area (Å²) in [5, 5.41) is 13.7. The maximum absolute atomic E-state index is 13.5. The third kappa shape index (κ3) is 4.90. The molecule has 4 fully saturated rings. The molecule has 2 atom stereocenters. The highest BCUT2D eigenvalue weighted by atomic mass is 32.2. The molecule has 0 amide bonds. The molecule has 6 rings (SSSR count). The van der Waals surface area contributed by atoms with Gasteiger partial charge in [-0.15, -0.1) is 23.1 Å². The normalized spacial score (nSPS) is 29.1. The van der Waals surface area contributed by atoms with Crippen LogP contribution >= 0.6 is 23.1 Å². The molecule has 4 nitrogen and oxygen atoms in total. The van der Waals surface area contributed by atoms with E-state index in [-0.39, 0.29) is 12.0 Å². The van der Waals surface area contributed by atoms with Crippen LogP contribution in [0.25, 0.3) is 0 Å². The standard InChI is InChI=1S/C27H36NO3S2/c29-26(27(30,22-8-4-5-9-22)25-12-6-18-33-25)31-24-20-28(16-13-21(24)14-17-28)15-7-19-32-23-10-2-1-3-11-23/h1-3,6,10-12,18,21-22,24,30H,4-5,7-9,13-17,19-20H2/q+1/t21?,24?,27-,28?/m1/s1. The summed E-state index contributed by atoms with van der Waals surface area (Å²) in [4.78, 5) is 15.6. The predicted octanol–water partition coefficient (Wildman–Crippen LogP) is 5.46. The van der Waals surface area contributed by atoms with Crippen LogP contribution < -0.4 is 0 Å². The van der Waals surface area contributed by atoms with E-state index in [0.717, 1.165) is 66.7 Å². The summed E-state index contributed by atoms with van der Waals surface area (Å²) < 4.78 is 7.30. The van der Waals surface area contributed by atoms with Crippen LogP contribution in [0.5, 0.6) is 0 Å². The molecule has 0 radical (unpaired) electrons. The van der Waals surface area contributed by atoms with Gasteiger partial charge in [0.15, 0.2) is 11.7 Å². The fourth-order valence-electron chi connectivity index (χ4n) is 6.31. The molecule has 1 N–H and O–H groups in total. The third-order valence-electron chi connectivity index (χ3n) is 8.24. The number of benzene rings is 1. The first kappa shape index (κ1) is 23.4. The summed E-state index contributed by atoms with van der Waals surface area (Å²) in [6.45, 7) is 4.47. The number of carbonyl (C=O) groups excluding carboxylic acids is 1. The van der Waals surface area contributed by atoms with Gasteiger partial charge in [-0.25, -0.2) is 4.79 Å². The molecule has 6 heteroatoms. The van der Waals surface area contributed by atoms with Gasteiger partial charge in [0.1, 0.15) is 6.54 Å². The van der Waals surface area contributed by atoms with Crippen molar-refractivity contribution in [1.82, 2.24) is 0 Å². The molecule has 1 aromatic carbocycles. The zero-order valence-electron chi connectivity index (χ0n) is 19.4. The average molecular weight is 487 g/mol. The van der Waals surface area contributed by atoms with Gasteiger partial charge in [-0.05, 0) is 36.4 Å². The van der Waals surface area contributed by atoms with Gasteiger partial charge in [-0.1, -0.05) is 37.1 Å². The van der Waals surface area contributed by atoms with Crippen LogP contribution in [0.15, 0.2) is 52.7 Å². The molecule has 2 bridgehead atoms. The molecule has 1 aromatic heterocycles. The van der Waals surface area contributed by atoms with Crippen molar-refractivity contribution in [1.29, 1.82) is 0 Å². The average Bonchev–Trinajstić information content (AvgIpc) is 3.58. The number of thioether (sulfide) groups is 1. The number of esters is 1. The van der Waals surface area contributed by atoms with Crippen LogP contribution in [0, 0.1) is 11.8 Å². The lowest BCUT2D eigenvalue weighted by Crippen LogP contribution is -2.65. The third-order valence-corrected chi connectivity index (χ3v) is 10.3. The number of ether oxygens (including phenoxy) is 1. The molecule has 4 heterocycles. The lowest BCUT2D eigenvalue weighted by molar-refractivity contribution is -0.946. The van der Waals surface area contributed by atoms with Gasteiger partial charge in [0, 0.05) is 46.6 Å². The SMILES string of the molecule is O=C(OC1C[N+]2(CCCSc3ccccc3)CCC1CC2)[C@](O)(c1cccs1)C1CCCC1. The van der Waals surface area contributed by atoms with E-state index in [1.54, 1.807) is 0 Å². The van der Waals surface area contributed by atoms with E-state index in [1.165, 1.54) is 35.7 Å². The Balaban J connectivity index is 1.22. The quantitative estimate of drug-likeness (QED) is 0.221. The monoisotopic (exact) mass is 486 g/mol. The van der Waals surface area contributed by atoms with E-state index < -0.39 is 11.6 Å². The minimum absolute atomic E-state index is 0.0251. The highest BCUT2D eigenvalue weighted by Crippen LogP contribution is 2.44. The van der Waals surface area contributed by atoms with Gasteiger partial charge in [0.2, 0.25) is 0 Å². The molecule has 3 aliphatic heterocycles. The summed E-state index contributed by atoms with van der Waals surface area (Å²) in [6, 6.07) is 14.4. The first-order chi connectivity index (χ1) is 16.1. The van der Waals surface area contributed by atoms with Crippen molar-refractivity contribution in [3.05, 3.63) is 52.7 Å². The van der Waals surface area contributed by atoms with Gasteiger partial charge < -0.3 is 14.3 Å². The van der Waals surface area contributed by atoms with Gasteiger partial charge in [0.25, 0.3) is 0 Å². The summed E-state index contributed by atoms with van der Waals surface area (Å²) in [6.07, 6.45) is 7.33. The second kappa shape index (κ2) is 10.1. The number of nitrogens with zero attached hydrogens (tertiary/aromatic N) is 1. The number of fused-ring (bicyclic) bond motifs is 3. The molecule has 3 saturated heterocycles. The number of carbonyl (C=O) groups is 1. The number of piperidine rings is 3.